The molecule has 2 N–H and O–H groups in total. The molecule has 0 spiro atoms. The molecule has 0 radical (unpaired) electrons. The molecule has 0 fully saturated rings. The molecule has 0 saturated heterocycles. The Kier molecular flexibility index (Phi) is 7.73. The molecule has 0 saturated carbocycles. The van der Waals surface area contributed by atoms with Gasteiger partial charge in [-0.1, -0.05) is 48.5 Å². The Balaban J connectivity index is 1.76. The number of methoxy groups -OCH3 is 1. The number of amides is 2. The lowest BCUT2D eigenvalue weighted by Gasteiger charge is -2.09. The topological polar surface area (TPSA) is 79.8 Å². The van der Waals surface area contributed by atoms with Crippen molar-refractivity contribution in [3.8, 4) is 5.75 Å². The van der Waals surface area contributed by atoms with Gasteiger partial charge >= 0.3 is 0 Å². The average Bonchev–Trinajstić information content (AvgIpc) is 2.80. The third kappa shape index (κ3) is 6.38. The number of hydrazone groups is 1. The SMILES string of the molecule is COc1ccc(C=NNC(=O)/C(=C\c2ccccc2)NC(=O)c2ccccc2)cc1Br. The van der Waals surface area contributed by atoms with Crippen LogP contribution >= 0.6 is 15.9 Å². The van der Waals surface area contributed by atoms with E-state index in [2.05, 4.69) is 31.8 Å². The minimum absolute atomic E-state index is 0.0770. The lowest BCUT2D eigenvalue weighted by atomic mass is 10.1. The second-order valence-corrected chi connectivity index (χ2v) is 7.24. The Bertz CT molecular complexity index is 1110. The molecular weight excluding hydrogens is 458 g/mol. The number of halogens is 1. The molecular formula is C24H20BrN3O3. The highest BCUT2D eigenvalue weighted by atomic mass is 79.9. The van der Waals surface area contributed by atoms with E-state index in [1.807, 2.05) is 42.5 Å². The first-order valence-corrected chi connectivity index (χ1v) is 10.2. The van der Waals surface area contributed by atoms with Crippen LogP contribution in [0.4, 0.5) is 0 Å². The molecule has 0 aliphatic rings. The maximum Gasteiger partial charge on any atom is 0.287 e. The summed E-state index contributed by atoms with van der Waals surface area (Å²) in [6.45, 7) is 0. The number of hydrogen-bond acceptors (Lipinski definition) is 4. The maximum atomic E-state index is 12.7. The first-order chi connectivity index (χ1) is 15.1. The summed E-state index contributed by atoms with van der Waals surface area (Å²) >= 11 is 3.41. The predicted octanol–water partition coefficient (Wildman–Crippen LogP) is 4.38. The fourth-order valence-corrected chi connectivity index (χ4v) is 3.21. The van der Waals surface area contributed by atoms with E-state index in [1.165, 1.54) is 6.21 Å². The first-order valence-electron chi connectivity index (χ1n) is 9.37. The van der Waals surface area contributed by atoms with Crippen LogP contribution in [0.2, 0.25) is 0 Å². The van der Waals surface area contributed by atoms with Crippen molar-refractivity contribution in [2.75, 3.05) is 7.11 Å². The van der Waals surface area contributed by atoms with Crippen molar-refractivity contribution in [1.29, 1.82) is 0 Å². The summed E-state index contributed by atoms with van der Waals surface area (Å²) in [5.74, 6) is -0.240. The van der Waals surface area contributed by atoms with Crippen LogP contribution in [0.3, 0.4) is 0 Å². The fourth-order valence-electron chi connectivity index (χ4n) is 2.65. The number of carbonyl (C=O) groups excluding carboxylic acids is 2. The molecule has 31 heavy (non-hydrogen) atoms. The van der Waals surface area contributed by atoms with Crippen LogP contribution < -0.4 is 15.5 Å². The Labute approximate surface area is 188 Å². The quantitative estimate of drug-likeness (QED) is 0.301. The normalized spacial score (nSPS) is 11.2. The van der Waals surface area contributed by atoms with Crippen molar-refractivity contribution in [3.05, 3.63) is 106 Å². The maximum absolute atomic E-state index is 12.7. The molecule has 2 amide bonds. The van der Waals surface area contributed by atoms with Gasteiger partial charge in [-0.25, -0.2) is 5.43 Å². The van der Waals surface area contributed by atoms with Gasteiger partial charge in [-0.15, -0.1) is 0 Å². The Morgan fingerprint density at radius 3 is 2.26 bits per heavy atom. The van der Waals surface area contributed by atoms with Crippen LogP contribution in [-0.2, 0) is 4.79 Å². The van der Waals surface area contributed by atoms with Gasteiger partial charge in [0, 0.05) is 5.56 Å². The number of rotatable bonds is 7. The van der Waals surface area contributed by atoms with Crippen LogP contribution in [0.25, 0.3) is 6.08 Å². The fraction of sp³-hybridized carbons (Fsp3) is 0.0417. The molecule has 3 aromatic rings. The zero-order valence-electron chi connectivity index (χ0n) is 16.7. The van der Waals surface area contributed by atoms with Crippen molar-refractivity contribution in [1.82, 2.24) is 10.7 Å². The van der Waals surface area contributed by atoms with Gasteiger partial charge in [0.05, 0.1) is 17.8 Å². The number of nitrogens with zero attached hydrogens (tertiary/aromatic N) is 1. The van der Waals surface area contributed by atoms with E-state index < -0.39 is 5.91 Å². The first kappa shape index (κ1) is 22.0. The van der Waals surface area contributed by atoms with E-state index in [0.717, 1.165) is 15.6 Å². The van der Waals surface area contributed by atoms with Gasteiger partial charge in [0.15, 0.2) is 0 Å². The van der Waals surface area contributed by atoms with Crippen LogP contribution in [0, 0.1) is 0 Å². The molecule has 156 valence electrons. The van der Waals surface area contributed by atoms with Crippen LogP contribution in [-0.4, -0.2) is 25.1 Å². The zero-order valence-corrected chi connectivity index (χ0v) is 18.3. The van der Waals surface area contributed by atoms with Crippen molar-refractivity contribution in [2.45, 2.75) is 0 Å². The van der Waals surface area contributed by atoms with E-state index in [0.29, 0.717) is 11.3 Å². The van der Waals surface area contributed by atoms with Crippen molar-refractivity contribution in [3.63, 3.8) is 0 Å². The van der Waals surface area contributed by atoms with Gasteiger partial charge in [0.25, 0.3) is 11.8 Å². The molecule has 7 heteroatoms. The average molecular weight is 478 g/mol. The summed E-state index contributed by atoms with van der Waals surface area (Å²) in [7, 11) is 1.58. The summed E-state index contributed by atoms with van der Waals surface area (Å²) in [5, 5.41) is 6.67. The highest BCUT2D eigenvalue weighted by Gasteiger charge is 2.14. The smallest absolute Gasteiger partial charge is 0.287 e. The highest BCUT2D eigenvalue weighted by molar-refractivity contribution is 9.10. The van der Waals surface area contributed by atoms with Crippen LogP contribution in [0.1, 0.15) is 21.5 Å². The van der Waals surface area contributed by atoms with E-state index in [1.54, 1.807) is 49.6 Å². The Hall–Kier alpha value is -3.71. The second-order valence-electron chi connectivity index (χ2n) is 6.38. The molecule has 0 aliphatic heterocycles. The molecule has 0 aliphatic carbocycles. The van der Waals surface area contributed by atoms with Gasteiger partial charge in [0.1, 0.15) is 11.4 Å². The number of carbonyl (C=O) groups is 2. The van der Waals surface area contributed by atoms with E-state index in [9.17, 15) is 9.59 Å². The van der Waals surface area contributed by atoms with Crippen LogP contribution in [0.5, 0.6) is 5.75 Å². The number of hydrogen-bond donors (Lipinski definition) is 2. The Morgan fingerprint density at radius 1 is 0.935 bits per heavy atom. The van der Waals surface area contributed by atoms with Crippen molar-refractivity contribution < 1.29 is 14.3 Å². The third-order valence-electron chi connectivity index (χ3n) is 4.19. The molecule has 0 atom stereocenters. The van der Waals surface area contributed by atoms with Gasteiger partial charge in [-0.2, -0.15) is 5.10 Å². The summed E-state index contributed by atoms with van der Waals surface area (Å²) < 4.78 is 5.96. The molecule has 0 aromatic heterocycles. The highest BCUT2D eigenvalue weighted by Crippen LogP contribution is 2.24. The molecule has 6 nitrogen and oxygen atoms in total. The summed E-state index contributed by atoms with van der Waals surface area (Å²) in [4.78, 5) is 25.3. The number of benzene rings is 3. The second kappa shape index (κ2) is 10.9. The lowest BCUT2D eigenvalue weighted by molar-refractivity contribution is -0.117. The molecule has 0 unspecified atom stereocenters. The van der Waals surface area contributed by atoms with Gasteiger partial charge < -0.3 is 10.1 Å². The standard InChI is InChI=1S/C24H20BrN3O3/c1-31-22-13-12-18(14-20(22)25)16-26-28-24(30)21(15-17-8-4-2-5-9-17)27-23(29)19-10-6-3-7-11-19/h2-16H,1H3,(H,27,29)(H,28,30)/b21-15+,26-16?. The monoisotopic (exact) mass is 477 g/mol. The molecule has 0 heterocycles. The van der Waals surface area contributed by atoms with Crippen molar-refractivity contribution in [2.24, 2.45) is 5.10 Å². The van der Waals surface area contributed by atoms with E-state index in [-0.39, 0.29) is 11.6 Å². The molecule has 3 rings (SSSR count). The number of nitrogens with one attached hydrogen (secondary N) is 2. The van der Waals surface area contributed by atoms with E-state index in [4.69, 9.17) is 4.74 Å². The summed E-state index contributed by atoms with van der Waals surface area (Å²) in [6.07, 6.45) is 3.09. The minimum atomic E-state index is -0.544. The van der Waals surface area contributed by atoms with Gasteiger partial charge in [-0.3, -0.25) is 9.59 Å². The summed E-state index contributed by atoms with van der Waals surface area (Å²) in [5.41, 5.74) is 4.51. The lowest BCUT2D eigenvalue weighted by Crippen LogP contribution is -2.32. The van der Waals surface area contributed by atoms with Gasteiger partial charge in [-0.05, 0) is 63.5 Å². The Morgan fingerprint density at radius 2 is 1.61 bits per heavy atom. The molecule has 3 aromatic carbocycles. The number of ether oxygens (including phenoxy) is 1. The zero-order chi connectivity index (χ0) is 22.1. The predicted molar refractivity (Wildman–Crippen MR) is 125 cm³/mol. The minimum Gasteiger partial charge on any atom is -0.496 e. The molecule has 0 bridgehead atoms. The van der Waals surface area contributed by atoms with E-state index >= 15 is 0 Å². The van der Waals surface area contributed by atoms with Gasteiger partial charge in [0.2, 0.25) is 0 Å². The summed E-state index contributed by atoms with van der Waals surface area (Å²) in [6, 6.07) is 23.3. The van der Waals surface area contributed by atoms with Crippen LogP contribution in [0.15, 0.2) is 94.1 Å². The van der Waals surface area contributed by atoms with Crippen molar-refractivity contribution >= 4 is 40.0 Å². The largest absolute Gasteiger partial charge is 0.496 e. The third-order valence-corrected chi connectivity index (χ3v) is 4.81.